The predicted octanol–water partition coefficient (Wildman–Crippen LogP) is 4.07. The molecule has 0 saturated carbocycles. The van der Waals surface area contributed by atoms with Crippen LogP contribution >= 0.6 is 22.9 Å². The number of carbonyl (C=O) groups is 2. The van der Waals surface area contributed by atoms with Crippen LogP contribution in [0.15, 0.2) is 60.1 Å². The molecule has 0 radical (unpaired) electrons. The lowest BCUT2D eigenvalue weighted by Crippen LogP contribution is -2.22. The number of ether oxygens (including phenoxy) is 1. The average molecular weight is 388 g/mol. The number of amides is 2. The monoisotopic (exact) mass is 387 g/mol. The van der Waals surface area contributed by atoms with Gasteiger partial charge >= 0.3 is 0 Å². The Hall–Kier alpha value is -2.90. The maximum atomic E-state index is 12.4. The Bertz CT molecular complexity index is 916. The Morgan fingerprint density at radius 2 is 1.85 bits per heavy atom. The Morgan fingerprint density at radius 3 is 2.62 bits per heavy atom. The first-order valence-corrected chi connectivity index (χ1v) is 8.86. The summed E-state index contributed by atoms with van der Waals surface area (Å²) < 4.78 is 5.40. The van der Waals surface area contributed by atoms with Gasteiger partial charge in [0.25, 0.3) is 11.8 Å². The number of halogens is 1. The molecular formula is C18H14ClN3O3S. The fourth-order valence-corrected chi connectivity index (χ4v) is 2.85. The minimum atomic E-state index is -0.403. The Kier molecular flexibility index (Phi) is 5.83. The summed E-state index contributed by atoms with van der Waals surface area (Å²) in [4.78, 5) is 28.6. The van der Waals surface area contributed by atoms with E-state index in [2.05, 4.69) is 15.6 Å². The van der Waals surface area contributed by atoms with Crippen LogP contribution in [0.25, 0.3) is 0 Å². The molecule has 0 bridgehead atoms. The molecule has 2 N–H and O–H groups in total. The van der Waals surface area contributed by atoms with Crippen LogP contribution in [0.3, 0.4) is 0 Å². The molecule has 3 rings (SSSR count). The Balaban J connectivity index is 1.65. The highest BCUT2D eigenvalue weighted by atomic mass is 35.5. The second-order valence-corrected chi connectivity index (χ2v) is 6.41. The molecule has 2 amide bonds. The highest BCUT2D eigenvalue weighted by Gasteiger charge is 2.14. The predicted molar refractivity (Wildman–Crippen MR) is 102 cm³/mol. The van der Waals surface area contributed by atoms with Gasteiger partial charge in [-0.15, -0.1) is 11.3 Å². The van der Waals surface area contributed by atoms with Gasteiger partial charge in [0.05, 0.1) is 16.3 Å². The van der Waals surface area contributed by atoms with E-state index >= 15 is 0 Å². The highest BCUT2D eigenvalue weighted by molar-refractivity contribution is 7.13. The molecule has 1 heterocycles. The van der Waals surface area contributed by atoms with Gasteiger partial charge in [-0.2, -0.15) is 0 Å². The fraction of sp³-hybridized carbons (Fsp3) is 0.0556. The number of benzene rings is 2. The molecule has 3 aromatic rings. The first-order chi connectivity index (χ1) is 12.6. The normalized spacial score (nSPS) is 10.2. The molecule has 0 fully saturated rings. The minimum Gasteiger partial charge on any atom is -0.482 e. The van der Waals surface area contributed by atoms with Crippen LogP contribution in [-0.4, -0.2) is 23.4 Å². The lowest BCUT2D eigenvalue weighted by Gasteiger charge is -2.11. The van der Waals surface area contributed by atoms with Gasteiger partial charge < -0.3 is 10.1 Å². The molecule has 0 atom stereocenters. The van der Waals surface area contributed by atoms with Gasteiger partial charge in [0.2, 0.25) is 0 Å². The smallest absolute Gasteiger partial charge is 0.262 e. The van der Waals surface area contributed by atoms with Gasteiger partial charge in [0.1, 0.15) is 5.75 Å². The SMILES string of the molecule is O=C(COc1ccccc1Cl)Nc1ccccc1C(=O)Nc1nccs1. The number of nitrogens with one attached hydrogen (secondary N) is 2. The number of nitrogens with zero attached hydrogens (tertiary/aromatic N) is 1. The molecule has 26 heavy (non-hydrogen) atoms. The number of hydrogen-bond donors (Lipinski definition) is 2. The fourth-order valence-electron chi connectivity index (χ4n) is 2.13. The standard InChI is InChI=1S/C18H14ClN3O3S/c19-13-6-2-4-8-15(13)25-11-16(23)21-14-7-3-1-5-12(14)17(24)22-18-20-9-10-26-18/h1-10H,11H2,(H,21,23)(H,20,22,24). The zero-order valence-electron chi connectivity index (χ0n) is 13.4. The molecule has 2 aromatic carbocycles. The third kappa shape index (κ3) is 4.59. The van der Waals surface area contributed by atoms with E-state index in [0.29, 0.717) is 27.2 Å². The number of carbonyl (C=O) groups excluding carboxylic acids is 2. The molecule has 0 aliphatic heterocycles. The van der Waals surface area contributed by atoms with Gasteiger partial charge in [-0.25, -0.2) is 4.98 Å². The van der Waals surface area contributed by atoms with Crippen molar-refractivity contribution in [1.29, 1.82) is 0 Å². The second kappa shape index (κ2) is 8.46. The van der Waals surface area contributed by atoms with Crippen LogP contribution in [0.1, 0.15) is 10.4 Å². The van der Waals surface area contributed by atoms with Crippen molar-refractivity contribution in [3.05, 3.63) is 70.7 Å². The summed E-state index contributed by atoms with van der Waals surface area (Å²) in [5, 5.41) is 8.03. The molecular weight excluding hydrogens is 374 g/mol. The van der Waals surface area contributed by atoms with Crippen molar-refractivity contribution in [1.82, 2.24) is 4.98 Å². The number of aromatic nitrogens is 1. The summed E-state index contributed by atoms with van der Waals surface area (Å²) in [6.45, 7) is -0.230. The van der Waals surface area contributed by atoms with Gasteiger partial charge in [0, 0.05) is 11.6 Å². The van der Waals surface area contributed by atoms with E-state index in [1.54, 1.807) is 60.1 Å². The molecule has 0 saturated heterocycles. The maximum absolute atomic E-state index is 12.4. The zero-order chi connectivity index (χ0) is 18.4. The molecule has 0 aliphatic carbocycles. The van der Waals surface area contributed by atoms with E-state index in [1.807, 2.05) is 0 Å². The van der Waals surface area contributed by atoms with E-state index in [-0.39, 0.29) is 12.5 Å². The van der Waals surface area contributed by atoms with Crippen molar-refractivity contribution in [2.24, 2.45) is 0 Å². The van der Waals surface area contributed by atoms with Crippen molar-refractivity contribution in [3.8, 4) is 5.75 Å². The van der Waals surface area contributed by atoms with E-state index in [9.17, 15) is 9.59 Å². The largest absolute Gasteiger partial charge is 0.482 e. The molecule has 132 valence electrons. The summed E-state index contributed by atoms with van der Waals surface area (Å²) in [5.74, 6) is -0.346. The van der Waals surface area contributed by atoms with Crippen molar-refractivity contribution in [2.45, 2.75) is 0 Å². The molecule has 8 heteroatoms. The highest BCUT2D eigenvalue weighted by Crippen LogP contribution is 2.23. The second-order valence-electron chi connectivity index (χ2n) is 5.10. The van der Waals surface area contributed by atoms with Gasteiger partial charge in [-0.3, -0.25) is 14.9 Å². The molecule has 0 aliphatic rings. The third-order valence-electron chi connectivity index (χ3n) is 3.29. The summed E-state index contributed by atoms with van der Waals surface area (Å²) in [6, 6.07) is 13.6. The topological polar surface area (TPSA) is 80.3 Å². The average Bonchev–Trinajstić information content (AvgIpc) is 3.14. The van der Waals surface area contributed by atoms with Crippen molar-refractivity contribution >= 4 is 45.6 Å². The summed E-state index contributed by atoms with van der Waals surface area (Å²) in [6.07, 6.45) is 1.60. The van der Waals surface area contributed by atoms with E-state index in [4.69, 9.17) is 16.3 Å². The summed E-state index contributed by atoms with van der Waals surface area (Å²) in [7, 11) is 0. The van der Waals surface area contributed by atoms with E-state index < -0.39 is 5.91 Å². The van der Waals surface area contributed by atoms with Crippen molar-refractivity contribution in [2.75, 3.05) is 17.2 Å². The molecule has 6 nitrogen and oxygen atoms in total. The van der Waals surface area contributed by atoms with Gasteiger partial charge in [-0.1, -0.05) is 35.9 Å². The minimum absolute atomic E-state index is 0.230. The number of rotatable bonds is 6. The van der Waals surface area contributed by atoms with Gasteiger partial charge in [0.15, 0.2) is 11.7 Å². The first kappa shape index (κ1) is 17.9. The zero-order valence-corrected chi connectivity index (χ0v) is 15.0. The van der Waals surface area contributed by atoms with Crippen LogP contribution in [0.4, 0.5) is 10.8 Å². The number of hydrogen-bond acceptors (Lipinski definition) is 5. The summed E-state index contributed by atoms with van der Waals surface area (Å²) in [5.41, 5.74) is 0.711. The number of para-hydroxylation sites is 2. The van der Waals surface area contributed by atoms with E-state index in [1.165, 1.54) is 11.3 Å². The van der Waals surface area contributed by atoms with Crippen molar-refractivity contribution < 1.29 is 14.3 Å². The lowest BCUT2D eigenvalue weighted by atomic mass is 10.1. The van der Waals surface area contributed by atoms with Crippen LogP contribution in [0.5, 0.6) is 5.75 Å². The quantitative estimate of drug-likeness (QED) is 0.668. The van der Waals surface area contributed by atoms with E-state index in [0.717, 1.165) is 0 Å². The summed E-state index contributed by atoms with van der Waals surface area (Å²) >= 11 is 7.30. The third-order valence-corrected chi connectivity index (χ3v) is 4.29. The van der Waals surface area contributed by atoms with Gasteiger partial charge in [-0.05, 0) is 24.3 Å². The molecule has 0 spiro atoms. The van der Waals surface area contributed by atoms with Crippen LogP contribution in [0.2, 0.25) is 5.02 Å². The lowest BCUT2D eigenvalue weighted by molar-refractivity contribution is -0.118. The van der Waals surface area contributed by atoms with Crippen LogP contribution in [-0.2, 0) is 4.79 Å². The Morgan fingerprint density at radius 1 is 1.08 bits per heavy atom. The maximum Gasteiger partial charge on any atom is 0.262 e. The number of anilines is 2. The molecule has 1 aromatic heterocycles. The first-order valence-electron chi connectivity index (χ1n) is 7.60. The van der Waals surface area contributed by atoms with Crippen molar-refractivity contribution in [3.63, 3.8) is 0 Å². The Labute approximate surface area is 158 Å². The van der Waals surface area contributed by atoms with Crippen LogP contribution < -0.4 is 15.4 Å². The number of thiazole rings is 1. The van der Waals surface area contributed by atoms with Crippen LogP contribution in [0, 0.1) is 0 Å². The molecule has 0 unspecified atom stereocenters.